The first-order valence-electron chi connectivity index (χ1n) is 10.6. The molecule has 0 bridgehead atoms. The van der Waals surface area contributed by atoms with Crippen LogP contribution in [0.2, 0.25) is 0 Å². The van der Waals surface area contributed by atoms with Crippen LogP contribution in [-0.2, 0) is 0 Å². The Kier molecular flexibility index (Phi) is 5.02. The number of carbonyl (C=O) groups excluding carboxylic acids is 1. The van der Waals surface area contributed by atoms with Gasteiger partial charge in [0.1, 0.15) is 17.3 Å². The Labute approximate surface area is 180 Å². The van der Waals surface area contributed by atoms with Crippen LogP contribution in [0.1, 0.15) is 30.0 Å². The van der Waals surface area contributed by atoms with Crippen molar-refractivity contribution in [1.29, 1.82) is 0 Å². The van der Waals surface area contributed by atoms with Gasteiger partial charge >= 0.3 is 6.03 Å². The van der Waals surface area contributed by atoms with Crippen LogP contribution in [0.5, 0.6) is 11.5 Å². The lowest BCUT2D eigenvalue weighted by molar-refractivity contribution is 0.115. The molecule has 3 aliphatic heterocycles. The van der Waals surface area contributed by atoms with E-state index in [4.69, 9.17) is 9.84 Å². The van der Waals surface area contributed by atoms with E-state index < -0.39 is 6.04 Å². The van der Waals surface area contributed by atoms with Crippen molar-refractivity contribution in [3.63, 3.8) is 0 Å². The molecule has 0 saturated carbocycles. The SMILES string of the molecule is CN(C(=O)N1N=C2c3cc(F)ccc3OC[C@H]2[C@H]1c1cccc(O)c1)C1CCCNC1. The number of hydrogen-bond acceptors (Lipinski definition) is 5. The number of aromatic hydroxyl groups is 1. The predicted molar refractivity (Wildman–Crippen MR) is 114 cm³/mol. The standard InChI is InChI=1S/C23H25FN4O3/c1-27(16-5-3-9-25-12-16)23(30)28-22(14-4-2-6-17(29)10-14)19-13-31-20-8-7-15(24)11-18(20)21(19)26-28/h2,4,6-8,10-11,16,19,22,25,29H,3,5,9,12-13H2,1H3/t16?,19-,22-/m1/s1. The molecular weight excluding hydrogens is 399 g/mol. The zero-order chi connectivity index (χ0) is 21.5. The second-order valence-electron chi connectivity index (χ2n) is 8.32. The Bertz CT molecular complexity index is 1040. The summed E-state index contributed by atoms with van der Waals surface area (Å²) in [7, 11) is 1.80. The van der Waals surface area contributed by atoms with Gasteiger partial charge in [0.15, 0.2) is 0 Å². The molecule has 2 aromatic rings. The number of nitrogens with zero attached hydrogens (tertiary/aromatic N) is 3. The summed E-state index contributed by atoms with van der Waals surface area (Å²) in [6, 6.07) is 10.6. The molecule has 2 N–H and O–H groups in total. The van der Waals surface area contributed by atoms with E-state index in [1.807, 2.05) is 6.07 Å². The van der Waals surface area contributed by atoms with E-state index in [1.54, 1.807) is 36.2 Å². The van der Waals surface area contributed by atoms with Crippen LogP contribution in [0.4, 0.5) is 9.18 Å². The average molecular weight is 424 g/mol. The van der Waals surface area contributed by atoms with Gasteiger partial charge in [0.2, 0.25) is 0 Å². The number of benzene rings is 2. The fourth-order valence-electron chi connectivity index (χ4n) is 4.73. The van der Waals surface area contributed by atoms with Gasteiger partial charge in [-0.15, -0.1) is 0 Å². The summed E-state index contributed by atoms with van der Waals surface area (Å²) in [5, 5.41) is 19.6. The Morgan fingerprint density at radius 2 is 2.19 bits per heavy atom. The molecule has 0 spiro atoms. The summed E-state index contributed by atoms with van der Waals surface area (Å²) in [6.07, 6.45) is 1.94. The third-order valence-corrected chi connectivity index (χ3v) is 6.38. The van der Waals surface area contributed by atoms with Gasteiger partial charge in [-0.25, -0.2) is 14.2 Å². The smallest absolute Gasteiger partial charge is 0.341 e. The lowest BCUT2D eigenvalue weighted by atomic mass is 9.86. The fraction of sp³-hybridized carbons (Fsp3) is 0.391. The maximum absolute atomic E-state index is 14.0. The molecule has 3 heterocycles. The Balaban J connectivity index is 1.55. The molecule has 2 aromatic carbocycles. The number of hydrazone groups is 1. The van der Waals surface area contributed by atoms with Gasteiger partial charge in [0.05, 0.1) is 24.3 Å². The van der Waals surface area contributed by atoms with Crippen LogP contribution < -0.4 is 10.1 Å². The summed E-state index contributed by atoms with van der Waals surface area (Å²) in [5.41, 5.74) is 1.96. The minimum Gasteiger partial charge on any atom is -0.508 e. The first-order valence-corrected chi connectivity index (χ1v) is 10.6. The maximum atomic E-state index is 14.0. The molecule has 5 rings (SSSR count). The van der Waals surface area contributed by atoms with Gasteiger partial charge in [-0.1, -0.05) is 12.1 Å². The van der Waals surface area contributed by atoms with E-state index in [-0.39, 0.29) is 29.6 Å². The number of rotatable bonds is 2. The second kappa shape index (κ2) is 7.85. The van der Waals surface area contributed by atoms with E-state index >= 15 is 0 Å². The molecule has 31 heavy (non-hydrogen) atoms. The minimum atomic E-state index is -0.454. The number of halogens is 1. The summed E-state index contributed by atoms with van der Waals surface area (Å²) in [6.45, 7) is 2.01. The van der Waals surface area contributed by atoms with Crippen molar-refractivity contribution in [3.05, 3.63) is 59.4 Å². The van der Waals surface area contributed by atoms with Crippen molar-refractivity contribution in [2.75, 3.05) is 26.7 Å². The number of amides is 2. The van der Waals surface area contributed by atoms with Gasteiger partial charge in [-0.05, 0) is 55.3 Å². The maximum Gasteiger partial charge on any atom is 0.341 e. The number of urea groups is 1. The number of phenolic OH excluding ortho intramolecular Hbond substituents is 1. The first-order chi connectivity index (χ1) is 15.0. The highest BCUT2D eigenvalue weighted by Gasteiger charge is 2.46. The molecule has 1 fully saturated rings. The van der Waals surface area contributed by atoms with Crippen molar-refractivity contribution in [3.8, 4) is 11.5 Å². The van der Waals surface area contributed by atoms with Crippen molar-refractivity contribution >= 4 is 11.7 Å². The van der Waals surface area contributed by atoms with E-state index in [9.17, 15) is 14.3 Å². The summed E-state index contributed by atoms with van der Waals surface area (Å²) in [4.78, 5) is 15.3. The number of piperidine rings is 1. The van der Waals surface area contributed by atoms with Crippen LogP contribution in [0.15, 0.2) is 47.6 Å². The highest BCUT2D eigenvalue weighted by atomic mass is 19.1. The number of hydrogen-bond donors (Lipinski definition) is 2. The number of fused-ring (bicyclic) bond motifs is 3. The Hall–Kier alpha value is -3.13. The minimum absolute atomic E-state index is 0.0786. The zero-order valence-electron chi connectivity index (χ0n) is 17.3. The van der Waals surface area contributed by atoms with E-state index in [1.165, 1.54) is 17.1 Å². The summed E-state index contributed by atoms with van der Waals surface area (Å²) in [5.74, 6) is 0.0317. The van der Waals surface area contributed by atoms with Crippen molar-refractivity contribution in [2.45, 2.75) is 24.9 Å². The normalized spacial score (nSPS) is 24.6. The van der Waals surface area contributed by atoms with E-state index in [2.05, 4.69) is 5.32 Å². The molecule has 2 amide bonds. The van der Waals surface area contributed by atoms with Gasteiger partial charge < -0.3 is 20.1 Å². The summed E-state index contributed by atoms with van der Waals surface area (Å²) >= 11 is 0. The largest absolute Gasteiger partial charge is 0.508 e. The first kappa shape index (κ1) is 19.8. The molecular formula is C23H25FN4O3. The molecule has 162 valence electrons. The summed E-state index contributed by atoms with van der Waals surface area (Å²) < 4.78 is 19.9. The van der Waals surface area contributed by atoms with Gasteiger partial charge in [-0.3, -0.25) is 0 Å². The zero-order valence-corrected chi connectivity index (χ0v) is 17.3. The van der Waals surface area contributed by atoms with Crippen LogP contribution in [0.25, 0.3) is 0 Å². The van der Waals surface area contributed by atoms with Crippen molar-refractivity contribution in [1.82, 2.24) is 15.2 Å². The molecule has 0 radical (unpaired) electrons. The van der Waals surface area contributed by atoms with Crippen LogP contribution in [-0.4, -0.2) is 59.5 Å². The van der Waals surface area contributed by atoms with Gasteiger partial charge in [0, 0.05) is 25.2 Å². The highest BCUT2D eigenvalue weighted by Crippen LogP contribution is 2.43. The molecule has 3 atom stereocenters. The lowest BCUT2D eigenvalue weighted by Crippen LogP contribution is -2.50. The lowest BCUT2D eigenvalue weighted by Gasteiger charge is -2.36. The van der Waals surface area contributed by atoms with Crippen LogP contribution in [0.3, 0.4) is 0 Å². The number of carbonyl (C=O) groups is 1. The topological polar surface area (TPSA) is 77.4 Å². The monoisotopic (exact) mass is 424 g/mol. The fourth-order valence-corrected chi connectivity index (χ4v) is 4.73. The number of phenols is 1. The third-order valence-electron chi connectivity index (χ3n) is 6.38. The van der Waals surface area contributed by atoms with E-state index in [0.29, 0.717) is 23.6 Å². The van der Waals surface area contributed by atoms with Crippen LogP contribution >= 0.6 is 0 Å². The second-order valence-corrected chi connectivity index (χ2v) is 8.32. The van der Waals surface area contributed by atoms with Crippen molar-refractivity contribution in [2.24, 2.45) is 11.0 Å². The molecule has 0 aliphatic carbocycles. The predicted octanol–water partition coefficient (Wildman–Crippen LogP) is 3.10. The van der Waals surface area contributed by atoms with Crippen LogP contribution in [0, 0.1) is 11.7 Å². The molecule has 7 nitrogen and oxygen atoms in total. The van der Waals surface area contributed by atoms with Crippen molar-refractivity contribution < 1.29 is 19.0 Å². The number of ether oxygens (including phenoxy) is 1. The number of likely N-dealkylation sites (N-methyl/N-ethyl adjacent to an activating group) is 1. The Morgan fingerprint density at radius 3 is 2.97 bits per heavy atom. The van der Waals surface area contributed by atoms with E-state index in [0.717, 1.165) is 31.5 Å². The Morgan fingerprint density at radius 1 is 1.32 bits per heavy atom. The highest BCUT2D eigenvalue weighted by molar-refractivity contribution is 6.07. The molecule has 3 aliphatic rings. The molecule has 1 unspecified atom stereocenters. The quantitative estimate of drug-likeness (QED) is 0.777. The van der Waals surface area contributed by atoms with Gasteiger partial charge in [0.25, 0.3) is 0 Å². The molecule has 0 aromatic heterocycles. The average Bonchev–Trinajstić information content (AvgIpc) is 3.19. The third kappa shape index (κ3) is 3.50. The van der Waals surface area contributed by atoms with Gasteiger partial charge in [-0.2, -0.15) is 5.10 Å². The molecule has 1 saturated heterocycles. The molecule has 8 heteroatoms. The number of nitrogens with one attached hydrogen (secondary N) is 1.